The Morgan fingerprint density at radius 3 is 2.36 bits per heavy atom. The van der Waals surface area contributed by atoms with E-state index in [0.717, 1.165) is 31.5 Å². The van der Waals surface area contributed by atoms with Crippen LogP contribution in [0.25, 0.3) is 5.57 Å². The summed E-state index contributed by atoms with van der Waals surface area (Å²) in [4.78, 5) is 30.8. The van der Waals surface area contributed by atoms with Gasteiger partial charge in [0.1, 0.15) is 6.04 Å². The SMILES string of the molecule is CC(C)[C@@H](C(=O)N1C[C@H](O)C[C@H]1C(=O)NCc1ccc(C2=CCCC2)cc1)N1Cc2ccccc2C1. The molecule has 0 aromatic heterocycles. The second-order valence-corrected chi connectivity index (χ2v) is 10.8. The molecule has 3 aliphatic rings. The van der Waals surface area contributed by atoms with Crippen molar-refractivity contribution < 1.29 is 14.7 Å². The van der Waals surface area contributed by atoms with Crippen LogP contribution >= 0.6 is 0 Å². The molecule has 2 aliphatic heterocycles. The quantitative estimate of drug-likeness (QED) is 0.622. The smallest absolute Gasteiger partial charge is 0.243 e. The predicted molar refractivity (Wildman–Crippen MR) is 141 cm³/mol. The number of carbonyl (C=O) groups excluding carboxylic acids is 2. The average Bonchev–Trinajstić information content (AvgIpc) is 3.62. The van der Waals surface area contributed by atoms with Crippen LogP contribution in [0.15, 0.2) is 54.6 Å². The number of aliphatic hydroxyl groups excluding tert-OH is 1. The van der Waals surface area contributed by atoms with Gasteiger partial charge >= 0.3 is 0 Å². The minimum atomic E-state index is -0.688. The molecule has 1 aliphatic carbocycles. The Kier molecular flexibility index (Phi) is 7.26. The van der Waals surface area contributed by atoms with Gasteiger partial charge in [0, 0.05) is 32.6 Å². The van der Waals surface area contributed by atoms with Crippen LogP contribution in [-0.2, 0) is 29.2 Å². The van der Waals surface area contributed by atoms with Crippen molar-refractivity contribution in [1.29, 1.82) is 0 Å². The molecule has 2 aromatic rings. The summed E-state index contributed by atoms with van der Waals surface area (Å²) in [6, 6.07) is 15.7. The molecule has 1 fully saturated rings. The number of rotatable bonds is 7. The van der Waals surface area contributed by atoms with Gasteiger partial charge in [-0.1, -0.05) is 68.5 Å². The zero-order valence-electron chi connectivity index (χ0n) is 21.3. The van der Waals surface area contributed by atoms with E-state index in [2.05, 4.69) is 66.5 Å². The Hall–Kier alpha value is -2.96. The maximum Gasteiger partial charge on any atom is 0.243 e. The topological polar surface area (TPSA) is 72.9 Å². The van der Waals surface area contributed by atoms with Crippen molar-refractivity contribution >= 4 is 17.4 Å². The molecule has 6 heteroatoms. The van der Waals surface area contributed by atoms with Gasteiger partial charge in [0.15, 0.2) is 0 Å². The average molecular weight is 488 g/mol. The van der Waals surface area contributed by atoms with E-state index >= 15 is 0 Å². The molecule has 6 nitrogen and oxygen atoms in total. The zero-order valence-corrected chi connectivity index (χ0v) is 21.3. The van der Waals surface area contributed by atoms with Gasteiger partial charge in [-0.05, 0) is 53.0 Å². The molecule has 2 aromatic carbocycles. The molecule has 1 saturated heterocycles. The van der Waals surface area contributed by atoms with Gasteiger partial charge in [-0.3, -0.25) is 14.5 Å². The van der Waals surface area contributed by atoms with Crippen molar-refractivity contribution in [2.24, 2.45) is 5.92 Å². The third-order valence-electron chi connectivity index (χ3n) is 7.84. The monoisotopic (exact) mass is 487 g/mol. The van der Waals surface area contributed by atoms with Gasteiger partial charge in [-0.2, -0.15) is 0 Å². The normalized spacial score (nSPS) is 22.6. The highest BCUT2D eigenvalue weighted by molar-refractivity contribution is 5.90. The lowest BCUT2D eigenvalue weighted by molar-refractivity contribution is -0.144. The number of benzene rings is 2. The van der Waals surface area contributed by atoms with Crippen LogP contribution in [-0.4, -0.2) is 51.5 Å². The van der Waals surface area contributed by atoms with Crippen LogP contribution in [0.2, 0.25) is 0 Å². The van der Waals surface area contributed by atoms with Gasteiger partial charge in [0.2, 0.25) is 11.8 Å². The summed E-state index contributed by atoms with van der Waals surface area (Å²) < 4.78 is 0. The van der Waals surface area contributed by atoms with Gasteiger partial charge in [-0.15, -0.1) is 0 Å². The number of β-amino-alcohol motifs (C(OH)–C–C–N with tert-alkyl or cyclic N) is 1. The van der Waals surface area contributed by atoms with Crippen molar-refractivity contribution in [2.45, 2.75) is 77.4 Å². The highest BCUT2D eigenvalue weighted by Crippen LogP contribution is 2.30. The van der Waals surface area contributed by atoms with E-state index in [0.29, 0.717) is 6.54 Å². The van der Waals surface area contributed by atoms with Crippen LogP contribution in [0.4, 0.5) is 0 Å². The Morgan fingerprint density at radius 2 is 1.75 bits per heavy atom. The first-order valence-corrected chi connectivity index (χ1v) is 13.3. The van der Waals surface area contributed by atoms with Crippen LogP contribution in [0.5, 0.6) is 0 Å². The lowest BCUT2D eigenvalue weighted by Gasteiger charge is -2.35. The molecule has 3 atom stereocenters. The Morgan fingerprint density at radius 1 is 1.06 bits per heavy atom. The first-order valence-electron chi connectivity index (χ1n) is 13.3. The third kappa shape index (κ3) is 5.11. The standard InChI is InChI=1S/C30H37N3O3/c1-20(2)28(32-17-24-9-5-6-10-25(24)18-32)30(36)33-19-26(34)15-27(33)29(35)31-16-21-11-13-23(14-12-21)22-7-3-4-8-22/h5-7,9-14,20,26-28,34H,3-4,8,15-19H2,1-2H3,(H,31,35)/t26-,27+,28+/m1/s1. The van der Waals surface area contributed by atoms with E-state index in [9.17, 15) is 14.7 Å². The third-order valence-corrected chi connectivity index (χ3v) is 7.84. The minimum Gasteiger partial charge on any atom is -0.391 e. The number of aliphatic hydroxyl groups is 1. The second-order valence-electron chi connectivity index (χ2n) is 10.8. The number of hydrogen-bond acceptors (Lipinski definition) is 4. The van der Waals surface area contributed by atoms with Gasteiger partial charge < -0.3 is 15.3 Å². The zero-order chi connectivity index (χ0) is 25.2. The summed E-state index contributed by atoms with van der Waals surface area (Å²) in [5, 5.41) is 13.4. The van der Waals surface area contributed by atoms with Crippen molar-refractivity contribution in [3.63, 3.8) is 0 Å². The molecule has 0 saturated carbocycles. The molecule has 36 heavy (non-hydrogen) atoms. The van der Waals surface area contributed by atoms with E-state index < -0.39 is 12.1 Å². The maximum absolute atomic E-state index is 13.8. The molecular weight excluding hydrogens is 450 g/mol. The van der Waals surface area contributed by atoms with Crippen LogP contribution in [0, 0.1) is 5.92 Å². The molecule has 2 heterocycles. The first kappa shape index (κ1) is 24.7. The number of likely N-dealkylation sites (tertiary alicyclic amines) is 1. The van der Waals surface area contributed by atoms with Crippen molar-refractivity contribution in [1.82, 2.24) is 15.1 Å². The number of carbonyl (C=O) groups is 2. The number of amides is 2. The molecule has 5 rings (SSSR count). The molecule has 0 spiro atoms. The lowest BCUT2D eigenvalue weighted by Crippen LogP contribution is -2.54. The van der Waals surface area contributed by atoms with E-state index in [1.165, 1.54) is 28.7 Å². The highest BCUT2D eigenvalue weighted by atomic mass is 16.3. The lowest BCUT2D eigenvalue weighted by atomic mass is 10.0. The van der Waals surface area contributed by atoms with E-state index in [1.807, 2.05) is 12.1 Å². The molecule has 2 amide bonds. The van der Waals surface area contributed by atoms with Crippen molar-refractivity contribution in [3.05, 3.63) is 76.9 Å². The maximum atomic E-state index is 13.8. The number of fused-ring (bicyclic) bond motifs is 1. The summed E-state index contributed by atoms with van der Waals surface area (Å²) >= 11 is 0. The molecule has 0 radical (unpaired) electrons. The number of allylic oxidation sites excluding steroid dienone is 2. The Labute approximate surface area is 214 Å². The summed E-state index contributed by atoms with van der Waals surface area (Å²) in [6.45, 7) is 6.17. The fraction of sp³-hybridized carbons (Fsp3) is 0.467. The first-order chi connectivity index (χ1) is 17.4. The van der Waals surface area contributed by atoms with E-state index in [4.69, 9.17) is 0 Å². The molecule has 0 bridgehead atoms. The van der Waals surface area contributed by atoms with Crippen molar-refractivity contribution in [3.8, 4) is 0 Å². The molecule has 2 N–H and O–H groups in total. The van der Waals surface area contributed by atoms with Crippen LogP contribution in [0.1, 0.15) is 61.8 Å². The number of hydrogen-bond donors (Lipinski definition) is 2. The second kappa shape index (κ2) is 10.6. The Balaban J connectivity index is 1.24. The minimum absolute atomic E-state index is 0.0660. The van der Waals surface area contributed by atoms with Gasteiger partial charge in [0.05, 0.1) is 12.1 Å². The highest BCUT2D eigenvalue weighted by Gasteiger charge is 2.44. The molecule has 190 valence electrons. The van der Waals surface area contributed by atoms with E-state index in [1.54, 1.807) is 4.90 Å². The summed E-state index contributed by atoms with van der Waals surface area (Å²) in [5.74, 6) is -0.180. The van der Waals surface area contributed by atoms with Crippen LogP contribution in [0.3, 0.4) is 0 Å². The summed E-state index contributed by atoms with van der Waals surface area (Å²) in [5.41, 5.74) is 6.18. The summed E-state index contributed by atoms with van der Waals surface area (Å²) in [7, 11) is 0. The van der Waals surface area contributed by atoms with Gasteiger partial charge in [0.25, 0.3) is 0 Å². The molecule has 0 unspecified atom stereocenters. The Bertz CT molecular complexity index is 1120. The molecular formula is C30H37N3O3. The van der Waals surface area contributed by atoms with E-state index in [-0.39, 0.29) is 36.7 Å². The largest absolute Gasteiger partial charge is 0.391 e. The van der Waals surface area contributed by atoms with Crippen molar-refractivity contribution in [2.75, 3.05) is 6.54 Å². The van der Waals surface area contributed by atoms with Crippen LogP contribution < -0.4 is 5.32 Å². The number of nitrogens with one attached hydrogen (secondary N) is 1. The fourth-order valence-corrected chi connectivity index (χ4v) is 5.97. The predicted octanol–water partition coefficient (Wildman–Crippen LogP) is 3.87. The summed E-state index contributed by atoms with van der Waals surface area (Å²) in [6.07, 6.45) is 5.39. The van der Waals surface area contributed by atoms with Gasteiger partial charge in [-0.25, -0.2) is 0 Å². The fourth-order valence-electron chi connectivity index (χ4n) is 5.97. The number of nitrogens with zero attached hydrogens (tertiary/aromatic N) is 2.